The zero-order valence-electron chi connectivity index (χ0n) is 10.9. The molecular formula is C16H15NO3. The highest BCUT2D eigenvalue weighted by molar-refractivity contribution is 5.64. The van der Waals surface area contributed by atoms with Crippen LogP contribution in [0.15, 0.2) is 60.7 Å². The van der Waals surface area contributed by atoms with E-state index in [0.717, 1.165) is 17.4 Å². The smallest absolute Gasteiger partial charge is 0.211 e. The fourth-order valence-electron chi connectivity index (χ4n) is 2.37. The summed E-state index contributed by atoms with van der Waals surface area (Å²) in [5, 5.41) is 10.9. The third kappa shape index (κ3) is 3.29. The van der Waals surface area contributed by atoms with Crippen LogP contribution in [-0.2, 0) is 4.79 Å². The molecular weight excluding hydrogens is 254 g/mol. The lowest BCUT2D eigenvalue weighted by Crippen LogP contribution is -2.21. The normalized spacial score (nSPS) is 13.4. The highest BCUT2D eigenvalue weighted by Gasteiger charge is 2.28. The Morgan fingerprint density at radius 3 is 1.90 bits per heavy atom. The SMILES string of the molecule is O=C[C@@H](c1ccccc1)[C@@H](C[N+](=O)[O-])c1ccccc1. The molecule has 0 saturated heterocycles. The Bertz CT molecular complexity index is 569. The standard InChI is InChI=1S/C16H15NO3/c18-12-16(14-9-5-2-6-10-14)15(11-17(19)20)13-7-3-1-4-8-13/h1-10,12,15-16H,11H2/t15-,16-/m0/s1. The summed E-state index contributed by atoms with van der Waals surface area (Å²) in [6.45, 7) is -0.262. The molecule has 0 aliphatic carbocycles. The molecule has 0 amide bonds. The van der Waals surface area contributed by atoms with E-state index in [-0.39, 0.29) is 11.5 Å². The van der Waals surface area contributed by atoms with Gasteiger partial charge in [-0.1, -0.05) is 60.7 Å². The monoisotopic (exact) mass is 269 g/mol. The van der Waals surface area contributed by atoms with E-state index in [4.69, 9.17) is 0 Å². The Balaban J connectivity index is 2.39. The lowest BCUT2D eigenvalue weighted by Gasteiger charge is -2.20. The van der Waals surface area contributed by atoms with Crippen molar-refractivity contribution in [2.24, 2.45) is 0 Å². The molecule has 0 heterocycles. The number of hydrogen-bond acceptors (Lipinski definition) is 3. The Hall–Kier alpha value is -2.49. The quantitative estimate of drug-likeness (QED) is 0.460. The topological polar surface area (TPSA) is 60.2 Å². The molecule has 4 heteroatoms. The number of nitrogens with zero attached hydrogens (tertiary/aromatic N) is 1. The van der Waals surface area contributed by atoms with Crippen molar-refractivity contribution in [1.29, 1.82) is 0 Å². The Morgan fingerprint density at radius 1 is 0.950 bits per heavy atom. The maximum absolute atomic E-state index is 11.5. The summed E-state index contributed by atoms with van der Waals surface area (Å²) in [5.74, 6) is -0.963. The van der Waals surface area contributed by atoms with Gasteiger partial charge in [0.25, 0.3) is 0 Å². The van der Waals surface area contributed by atoms with Gasteiger partial charge in [-0.2, -0.15) is 0 Å². The number of rotatable bonds is 6. The van der Waals surface area contributed by atoms with Crippen LogP contribution in [0, 0.1) is 10.1 Å². The fraction of sp³-hybridized carbons (Fsp3) is 0.188. The van der Waals surface area contributed by atoms with Crippen molar-refractivity contribution >= 4 is 6.29 Å². The average molecular weight is 269 g/mol. The van der Waals surface area contributed by atoms with Crippen molar-refractivity contribution in [2.45, 2.75) is 11.8 Å². The molecule has 20 heavy (non-hydrogen) atoms. The zero-order chi connectivity index (χ0) is 14.4. The number of hydrogen-bond donors (Lipinski definition) is 0. The van der Waals surface area contributed by atoms with Gasteiger partial charge in [-0.3, -0.25) is 10.1 Å². The molecule has 2 rings (SSSR count). The number of benzene rings is 2. The van der Waals surface area contributed by atoms with Crippen LogP contribution < -0.4 is 0 Å². The number of carbonyl (C=O) groups excluding carboxylic acids is 1. The molecule has 2 aromatic carbocycles. The maximum Gasteiger partial charge on any atom is 0.211 e. The zero-order valence-corrected chi connectivity index (χ0v) is 10.9. The lowest BCUT2D eigenvalue weighted by molar-refractivity contribution is -0.483. The van der Waals surface area contributed by atoms with E-state index in [9.17, 15) is 14.9 Å². The first kappa shape index (κ1) is 13.9. The molecule has 0 aromatic heterocycles. The molecule has 0 spiro atoms. The van der Waals surface area contributed by atoms with Crippen molar-refractivity contribution in [3.63, 3.8) is 0 Å². The van der Waals surface area contributed by atoms with Crippen LogP contribution in [0.2, 0.25) is 0 Å². The van der Waals surface area contributed by atoms with Crippen LogP contribution >= 0.6 is 0 Å². The molecule has 0 radical (unpaired) electrons. The molecule has 0 aliphatic rings. The second kappa shape index (κ2) is 6.61. The third-order valence-electron chi connectivity index (χ3n) is 3.34. The van der Waals surface area contributed by atoms with Gasteiger partial charge in [0.2, 0.25) is 6.54 Å². The third-order valence-corrected chi connectivity index (χ3v) is 3.34. The summed E-state index contributed by atoms with van der Waals surface area (Å²) in [4.78, 5) is 22.0. The first-order chi connectivity index (χ1) is 9.72. The first-order valence-electron chi connectivity index (χ1n) is 6.39. The number of carbonyl (C=O) groups is 1. The molecule has 0 fully saturated rings. The molecule has 102 valence electrons. The number of nitro groups is 1. The van der Waals surface area contributed by atoms with Gasteiger partial charge in [-0.15, -0.1) is 0 Å². The van der Waals surface area contributed by atoms with Crippen LogP contribution in [0.3, 0.4) is 0 Å². The summed E-state index contributed by atoms with van der Waals surface area (Å²) >= 11 is 0. The van der Waals surface area contributed by atoms with Crippen LogP contribution in [0.1, 0.15) is 23.0 Å². The van der Waals surface area contributed by atoms with Crippen molar-refractivity contribution in [2.75, 3.05) is 6.54 Å². The van der Waals surface area contributed by atoms with Gasteiger partial charge >= 0.3 is 0 Å². The molecule has 0 N–H and O–H groups in total. The Kier molecular flexibility index (Phi) is 4.60. The van der Waals surface area contributed by atoms with Crippen molar-refractivity contribution in [3.05, 3.63) is 81.9 Å². The van der Waals surface area contributed by atoms with Gasteiger partial charge in [0.1, 0.15) is 6.29 Å². The van der Waals surface area contributed by atoms with Crippen LogP contribution in [0.5, 0.6) is 0 Å². The molecule has 2 atom stereocenters. The average Bonchev–Trinajstić information content (AvgIpc) is 2.49. The molecule has 0 saturated carbocycles. The Labute approximate surface area is 117 Å². The van der Waals surface area contributed by atoms with Gasteiger partial charge in [-0.05, 0) is 11.1 Å². The largest absolute Gasteiger partial charge is 0.303 e. The van der Waals surface area contributed by atoms with E-state index >= 15 is 0 Å². The summed E-state index contributed by atoms with van der Waals surface area (Å²) in [6, 6.07) is 18.3. The minimum Gasteiger partial charge on any atom is -0.303 e. The fourth-order valence-corrected chi connectivity index (χ4v) is 2.37. The number of aldehydes is 1. The molecule has 0 aliphatic heterocycles. The minimum absolute atomic E-state index is 0.262. The first-order valence-corrected chi connectivity index (χ1v) is 6.39. The highest BCUT2D eigenvalue weighted by atomic mass is 16.6. The highest BCUT2D eigenvalue weighted by Crippen LogP contribution is 2.31. The van der Waals surface area contributed by atoms with E-state index in [1.165, 1.54) is 0 Å². The van der Waals surface area contributed by atoms with Crippen LogP contribution in [0.25, 0.3) is 0 Å². The van der Waals surface area contributed by atoms with Gasteiger partial charge < -0.3 is 4.79 Å². The summed E-state index contributed by atoms with van der Waals surface area (Å²) < 4.78 is 0. The van der Waals surface area contributed by atoms with E-state index in [1.807, 2.05) is 60.7 Å². The molecule has 0 bridgehead atoms. The maximum atomic E-state index is 11.5. The Morgan fingerprint density at radius 2 is 1.45 bits per heavy atom. The summed E-state index contributed by atoms with van der Waals surface area (Å²) in [6.07, 6.45) is 0.802. The summed E-state index contributed by atoms with van der Waals surface area (Å²) in [7, 11) is 0. The molecule has 2 aromatic rings. The van der Waals surface area contributed by atoms with Gasteiger partial charge in [0, 0.05) is 4.92 Å². The van der Waals surface area contributed by atoms with Crippen LogP contribution in [0.4, 0.5) is 0 Å². The van der Waals surface area contributed by atoms with Crippen molar-refractivity contribution in [1.82, 2.24) is 0 Å². The summed E-state index contributed by atoms with van der Waals surface area (Å²) in [5.41, 5.74) is 1.61. The van der Waals surface area contributed by atoms with Crippen molar-refractivity contribution in [3.8, 4) is 0 Å². The molecule has 4 nitrogen and oxygen atoms in total. The second-order valence-electron chi connectivity index (χ2n) is 4.61. The minimum atomic E-state index is -0.510. The van der Waals surface area contributed by atoms with Gasteiger partial charge in [-0.25, -0.2) is 0 Å². The van der Waals surface area contributed by atoms with Crippen LogP contribution in [-0.4, -0.2) is 17.8 Å². The second-order valence-corrected chi connectivity index (χ2v) is 4.61. The lowest BCUT2D eigenvalue weighted by atomic mass is 9.82. The predicted octanol–water partition coefficient (Wildman–Crippen LogP) is 3.03. The van der Waals surface area contributed by atoms with E-state index in [2.05, 4.69) is 0 Å². The van der Waals surface area contributed by atoms with Gasteiger partial charge in [0.15, 0.2) is 0 Å². The molecule has 0 unspecified atom stereocenters. The van der Waals surface area contributed by atoms with E-state index in [1.54, 1.807) is 0 Å². The van der Waals surface area contributed by atoms with Crippen molar-refractivity contribution < 1.29 is 9.72 Å². The van der Waals surface area contributed by atoms with E-state index < -0.39 is 11.8 Å². The van der Waals surface area contributed by atoms with Gasteiger partial charge in [0.05, 0.1) is 11.8 Å². The van der Waals surface area contributed by atoms with E-state index in [0.29, 0.717) is 0 Å². The predicted molar refractivity (Wildman–Crippen MR) is 76.3 cm³/mol.